The number of ether oxygens (including phenoxy) is 1. The van der Waals surface area contributed by atoms with Gasteiger partial charge in [0.15, 0.2) is 0 Å². The van der Waals surface area contributed by atoms with Crippen LogP contribution in [0.25, 0.3) is 71.7 Å². The number of aromatic nitrogens is 4. The summed E-state index contributed by atoms with van der Waals surface area (Å²) in [6.45, 7) is 6.67. The van der Waals surface area contributed by atoms with Crippen molar-refractivity contribution in [2.24, 2.45) is 0 Å². The van der Waals surface area contributed by atoms with Crippen LogP contribution >= 0.6 is 0 Å². The first-order valence-corrected chi connectivity index (χ1v) is 16.8. The predicted octanol–water partition coefficient (Wildman–Crippen LogP) is 11.3. The summed E-state index contributed by atoms with van der Waals surface area (Å²) >= 11 is 0. The van der Waals surface area contributed by atoms with Crippen LogP contribution in [0.2, 0.25) is 0 Å². The molecule has 6 aromatic carbocycles. The fraction of sp³-hybridized carbons (Fsp3) is 0.0889. The third-order valence-corrected chi connectivity index (χ3v) is 9.30. The minimum absolute atomic E-state index is 0. The molecule has 0 aliphatic heterocycles. The summed E-state index contributed by atoms with van der Waals surface area (Å²) < 4.78 is 8.86. The minimum Gasteiger partial charge on any atom is -0.503 e. The quantitative estimate of drug-likeness (QED) is 0.162. The van der Waals surface area contributed by atoms with Gasteiger partial charge in [0, 0.05) is 28.9 Å². The van der Waals surface area contributed by atoms with Crippen molar-refractivity contribution in [2.45, 2.75) is 26.2 Å². The summed E-state index contributed by atoms with van der Waals surface area (Å²) in [5.41, 5.74) is 7.57. The van der Waals surface area contributed by atoms with Gasteiger partial charge in [0.1, 0.15) is 5.82 Å². The van der Waals surface area contributed by atoms with Crippen LogP contribution in [0.15, 0.2) is 140 Å². The molecule has 3 heterocycles. The van der Waals surface area contributed by atoms with E-state index in [-0.39, 0.29) is 26.5 Å². The van der Waals surface area contributed by atoms with Gasteiger partial charge in [0.05, 0.1) is 5.52 Å². The average Bonchev–Trinajstić information content (AvgIpc) is 3.45. The number of benzene rings is 6. The van der Waals surface area contributed by atoms with E-state index < -0.39 is 0 Å². The second kappa shape index (κ2) is 12.9. The zero-order valence-electron chi connectivity index (χ0n) is 28.3. The summed E-state index contributed by atoms with van der Waals surface area (Å²) in [5.74, 6) is 1.99. The maximum atomic E-state index is 6.65. The Morgan fingerprint density at radius 2 is 1.35 bits per heavy atom. The first-order chi connectivity index (χ1) is 24.4. The van der Waals surface area contributed by atoms with E-state index in [1.54, 1.807) is 0 Å². The Hall–Kier alpha value is -5.64. The van der Waals surface area contributed by atoms with Crippen molar-refractivity contribution in [1.82, 2.24) is 19.7 Å². The fourth-order valence-electron chi connectivity index (χ4n) is 6.68. The smallest absolute Gasteiger partial charge is 0.503 e. The third-order valence-electron chi connectivity index (χ3n) is 9.30. The molecule has 0 unspecified atom stereocenters. The van der Waals surface area contributed by atoms with Crippen LogP contribution in [0.4, 0.5) is 0 Å². The van der Waals surface area contributed by atoms with Crippen LogP contribution in [0.5, 0.6) is 11.5 Å². The molecule has 0 atom stereocenters. The molecular weight excluding hydrogens is 808 g/mol. The van der Waals surface area contributed by atoms with Crippen molar-refractivity contribution < 1.29 is 25.8 Å². The summed E-state index contributed by atoms with van der Waals surface area (Å²) in [6, 6.07) is 52.9. The number of fused-ring (bicyclic) bond motifs is 5. The number of nitrogens with zero attached hydrogens (tertiary/aromatic N) is 4. The van der Waals surface area contributed by atoms with Gasteiger partial charge in [-0.1, -0.05) is 129 Å². The van der Waals surface area contributed by atoms with Crippen LogP contribution in [-0.4, -0.2) is 19.7 Å². The fourth-order valence-corrected chi connectivity index (χ4v) is 6.68. The second-order valence-electron chi connectivity index (χ2n) is 13.7. The Bertz CT molecular complexity index is 2730. The van der Waals surface area contributed by atoms with E-state index in [0.29, 0.717) is 11.5 Å². The van der Waals surface area contributed by atoms with Crippen molar-refractivity contribution in [3.8, 4) is 39.7 Å². The molecule has 0 aliphatic rings. The Morgan fingerprint density at radius 3 is 2.16 bits per heavy atom. The Kier molecular flexibility index (Phi) is 8.24. The van der Waals surface area contributed by atoms with Gasteiger partial charge < -0.3 is 9.30 Å². The topological polar surface area (TPSA) is 52.8 Å². The molecule has 0 spiro atoms. The molecule has 0 aliphatic carbocycles. The van der Waals surface area contributed by atoms with E-state index in [1.165, 1.54) is 16.3 Å². The molecule has 3 aromatic heterocycles. The Morgan fingerprint density at radius 1 is 0.608 bits per heavy atom. The SMILES string of the molecule is CC(C)(C)c1ccnc(-n2c3[c-]c(Oc4[c-]c(-c5cc6ccccc6nn5)cc(-c5ccccc5)c4)ccc3c3cc4ccccc4cc32)c1.[Pt+2]. The molecule has 6 heteroatoms. The molecule has 248 valence electrons. The van der Waals surface area contributed by atoms with E-state index in [9.17, 15) is 0 Å². The molecule has 0 saturated carbocycles. The number of hydrogen-bond donors (Lipinski definition) is 0. The number of rotatable bonds is 5. The van der Waals surface area contributed by atoms with Crippen LogP contribution in [-0.2, 0) is 26.5 Å². The van der Waals surface area contributed by atoms with Gasteiger partial charge in [-0.15, -0.1) is 29.1 Å². The summed E-state index contributed by atoms with van der Waals surface area (Å²) in [6.07, 6.45) is 1.90. The van der Waals surface area contributed by atoms with Gasteiger partial charge in [0.2, 0.25) is 0 Å². The molecule has 0 amide bonds. The molecular formula is C45H32N4OPt. The van der Waals surface area contributed by atoms with E-state index in [0.717, 1.165) is 60.9 Å². The standard InChI is InChI=1S/C45H32N4O.Pt/c1-45(2,3)35-19-20-46-44(27-35)49-42-26-31-14-8-7-13-30(31)24-39(42)38-18-17-36(28-43(38)49)50-37-22-33(29-11-5-4-6-12-29)21-34(23-37)41-25-32-15-9-10-16-40(32)47-48-41;/h4-22,24-27H,1-3H3;/q-2;+2. The largest absolute Gasteiger partial charge is 2.00 e. The van der Waals surface area contributed by atoms with Crippen molar-refractivity contribution in [2.75, 3.05) is 0 Å². The predicted molar refractivity (Wildman–Crippen MR) is 203 cm³/mol. The molecule has 5 nitrogen and oxygen atoms in total. The normalized spacial score (nSPS) is 11.7. The molecule has 0 N–H and O–H groups in total. The van der Waals surface area contributed by atoms with Crippen LogP contribution in [0, 0.1) is 12.1 Å². The molecule has 51 heavy (non-hydrogen) atoms. The average molecular weight is 840 g/mol. The molecule has 9 aromatic rings. The second-order valence-corrected chi connectivity index (χ2v) is 13.7. The molecule has 9 rings (SSSR count). The van der Waals surface area contributed by atoms with Gasteiger partial charge in [-0.05, 0) is 62.4 Å². The molecule has 0 saturated heterocycles. The van der Waals surface area contributed by atoms with E-state index in [2.05, 4.69) is 120 Å². The van der Waals surface area contributed by atoms with E-state index >= 15 is 0 Å². The summed E-state index contributed by atoms with van der Waals surface area (Å²) in [4.78, 5) is 4.88. The first-order valence-electron chi connectivity index (χ1n) is 16.8. The third kappa shape index (κ3) is 6.09. The van der Waals surface area contributed by atoms with Crippen molar-refractivity contribution in [3.05, 3.63) is 157 Å². The summed E-state index contributed by atoms with van der Waals surface area (Å²) in [7, 11) is 0. The monoisotopic (exact) mass is 839 g/mol. The van der Waals surface area contributed by atoms with Crippen LogP contribution in [0.3, 0.4) is 0 Å². The maximum absolute atomic E-state index is 6.65. The zero-order valence-corrected chi connectivity index (χ0v) is 30.6. The van der Waals surface area contributed by atoms with Crippen LogP contribution < -0.4 is 4.74 Å². The molecule has 0 bridgehead atoms. The summed E-state index contributed by atoms with van der Waals surface area (Å²) in [5, 5.41) is 14.6. The van der Waals surface area contributed by atoms with Crippen molar-refractivity contribution in [3.63, 3.8) is 0 Å². The van der Waals surface area contributed by atoms with E-state index in [4.69, 9.17) is 9.72 Å². The Balaban J connectivity index is 0.00000374. The van der Waals surface area contributed by atoms with Gasteiger partial charge in [-0.3, -0.25) is 0 Å². The maximum Gasteiger partial charge on any atom is 2.00 e. The molecule has 0 radical (unpaired) electrons. The van der Waals surface area contributed by atoms with Gasteiger partial charge in [0.25, 0.3) is 0 Å². The van der Waals surface area contributed by atoms with Gasteiger partial charge in [-0.2, -0.15) is 11.2 Å². The van der Waals surface area contributed by atoms with Gasteiger partial charge >= 0.3 is 21.1 Å². The van der Waals surface area contributed by atoms with E-state index in [1.807, 2.05) is 66.9 Å². The minimum atomic E-state index is -0.0339. The van der Waals surface area contributed by atoms with Crippen LogP contribution in [0.1, 0.15) is 26.3 Å². The van der Waals surface area contributed by atoms with Crippen molar-refractivity contribution >= 4 is 43.5 Å². The van der Waals surface area contributed by atoms with Crippen molar-refractivity contribution in [1.29, 1.82) is 0 Å². The molecule has 0 fully saturated rings. The Labute approximate surface area is 310 Å². The number of hydrogen-bond acceptors (Lipinski definition) is 4. The zero-order chi connectivity index (χ0) is 33.8. The van der Waals surface area contributed by atoms with Gasteiger partial charge in [-0.25, -0.2) is 10.1 Å². The number of pyridine rings is 1. The first kappa shape index (κ1) is 32.6.